The van der Waals surface area contributed by atoms with Gasteiger partial charge < -0.3 is 33.4 Å². The van der Waals surface area contributed by atoms with Gasteiger partial charge in [0.15, 0.2) is 15.0 Å². The highest BCUT2D eigenvalue weighted by molar-refractivity contribution is 7.77. The van der Waals surface area contributed by atoms with Gasteiger partial charge in [0.1, 0.15) is 0 Å². The fraction of sp³-hybridized carbons (Fsp3) is 1.00. The Bertz CT molecular complexity index is 2600. The molecule has 2 fully saturated rings. The van der Waals surface area contributed by atoms with Crippen LogP contribution in [-0.4, -0.2) is 473 Å². The topological polar surface area (TPSA) is 181 Å². The zero-order chi connectivity index (χ0) is 85.5. The van der Waals surface area contributed by atoms with Crippen LogP contribution in [0.2, 0.25) is 0 Å². The minimum atomic E-state index is -3.67. The van der Waals surface area contributed by atoms with Gasteiger partial charge in [-0.05, 0) is 279 Å². The first-order chi connectivity index (χ1) is 47.5. The van der Waals surface area contributed by atoms with Crippen LogP contribution in [0.4, 0.5) is 12.9 Å². The van der Waals surface area contributed by atoms with Gasteiger partial charge in [-0.3, -0.25) is 36.3 Å². The zero-order valence-corrected chi connectivity index (χ0v) is 89.1. The molecule has 0 amide bonds. The maximum absolute atomic E-state index is 13.2. The van der Waals surface area contributed by atoms with Crippen LogP contribution in [0.15, 0.2) is 22.8 Å². The summed E-state index contributed by atoms with van der Waals surface area (Å²) in [5, 5.41) is 7.61. The van der Waals surface area contributed by atoms with Crippen LogP contribution < -0.4 is 43.6 Å². The monoisotopic (exact) mass is 1870 g/mol. The van der Waals surface area contributed by atoms with E-state index in [0.29, 0.717) is 0 Å². The minimum Gasteiger partial charge on any atom is -1.00 e. The largest absolute Gasteiger partial charge is 1.00 e. The molecule has 2 saturated heterocycles. The first-order valence-corrected chi connectivity index (χ1v) is 50.4. The van der Waals surface area contributed by atoms with Crippen molar-refractivity contribution in [3.63, 3.8) is 0 Å². The molecule has 2 aliphatic heterocycles. The summed E-state index contributed by atoms with van der Waals surface area (Å²) in [7, 11) is 67.2. The van der Waals surface area contributed by atoms with Crippen molar-refractivity contribution in [1.82, 2.24) is 122 Å². The molecule has 109 heavy (non-hydrogen) atoms. The van der Waals surface area contributed by atoms with Crippen molar-refractivity contribution >= 4 is 76.3 Å². The third-order valence-electron chi connectivity index (χ3n) is 17.1. The molecular formula is C61H171BF5IN31OP9. The number of nitrogens with one attached hydrogen (secondary N) is 2. The minimum absolute atomic E-state index is 0. The highest BCUT2D eigenvalue weighted by Gasteiger charge is 2.56. The molecule has 2 rings (SSSR count). The Morgan fingerprint density at radius 3 is 0.862 bits per heavy atom. The van der Waals surface area contributed by atoms with Crippen molar-refractivity contribution in [2.24, 2.45) is 22.8 Å². The van der Waals surface area contributed by atoms with Gasteiger partial charge in [0.25, 0.3) is 0 Å². The SMILES string of the molecule is CCN(CC)P1(=NC(C)(C)C)N(C)CCCN1C.CN(C)P(=N[P+](N(C)C)(N(C)C)N(C)C)(N(C)C)N(C)C.CN(C)P(=N[P+](N(C)C)(N(C)C)N(C)C)(N(C)C)N(C)C.CN(C)P(=N[P+]1(NC(C)(C)C)NCCCN1C)(N(C)C)N(C)C.CN(C)P(=O)(N=P(N(C)C)(N(C)C)N(C)C)N(C)C.FB(F)F.[F-].[F-].[I-]. The highest BCUT2D eigenvalue weighted by atomic mass is 127. The Morgan fingerprint density at radius 1 is 0.431 bits per heavy atom. The molecule has 2 aliphatic rings. The van der Waals surface area contributed by atoms with E-state index >= 15 is 0 Å². The standard InChI is InChI=1S/C14H38N7P2.C13H31N4P.2C12H36N7P2.C10H30N6OP2.BF3.2FH.HI/c1-14(2,3)16-22(15-12-11-13-21(22)10)17-23(18(4)5,19(6)7)20(8)9;1-8-17(9-2)18(14-13(3,4)5)15(6)11-10-12-16(18)7;2*1-14(2)20(15(3)4,16(5)6)13-21(17(7)8,18(9)10)19(11)12;1-12(2)18(13(3)4,14(5)6)11-19(17,15(7)8)16(9)10;2-1(3)4;;;/h15-16H,11-13H2,1-10H3;8-12H2,1-7H3;2*1-12H3;1-10H3;;3*1H/q+1;;2*+1;;;;;/p-3. The van der Waals surface area contributed by atoms with Gasteiger partial charge in [-0.1, -0.05) is 13.8 Å². The summed E-state index contributed by atoms with van der Waals surface area (Å²) in [6.45, 7) is 24.3. The van der Waals surface area contributed by atoms with Gasteiger partial charge in [0.05, 0.1) is 5.54 Å². The van der Waals surface area contributed by atoms with E-state index in [4.69, 9.17) is 22.8 Å². The molecule has 48 heteroatoms. The Labute approximate surface area is 689 Å². The summed E-state index contributed by atoms with van der Waals surface area (Å²) in [6.07, 6.45) is 2.41. The van der Waals surface area contributed by atoms with Gasteiger partial charge in [0, 0.05) is 136 Å². The molecule has 0 saturated carbocycles. The van der Waals surface area contributed by atoms with E-state index in [9.17, 15) is 17.5 Å². The van der Waals surface area contributed by atoms with Crippen LogP contribution in [-0.2, 0) is 4.57 Å². The van der Waals surface area contributed by atoms with Crippen molar-refractivity contribution in [3.05, 3.63) is 0 Å². The molecule has 1 unspecified atom stereocenters. The van der Waals surface area contributed by atoms with E-state index in [0.717, 1.165) is 45.7 Å². The van der Waals surface area contributed by atoms with Gasteiger partial charge >= 0.3 is 38.7 Å². The first kappa shape index (κ1) is 124. The Balaban J connectivity index is -0.000000234. The van der Waals surface area contributed by atoms with Crippen LogP contribution >= 0.6 is 68.7 Å². The predicted octanol–water partition coefficient (Wildman–Crippen LogP) is 3.65. The lowest BCUT2D eigenvalue weighted by Crippen LogP contribution is -3.00. The van der Waals surface area contributed by atoms with E-state index in [1.165, 1.54) is 6.42 Å². The number of rotatable bonds is 28. The Morgan fingerprint density at radius 2 is 0.679 bits per heavy atom. The third-order valence-corrected chi connectivity index (χ3v) is 53.5. The van der Waals surface area contributed by atoms with Crippen molar-refractivity contribution in [2.45, 2.75) is 79.3 Å². The molecule has 0 aromatic heterocycles. The van der Waals surface area contributed by atoms with Crippen molar-refractivity contribution in [1.29, 1.82) is 0 Å². The van der Waals surface area contributed by atoms with Crippen LogP contribution in [0.5, 0.6) is 0 Å². The molecule has 0 aromatic rings. The number of halogens is 6. The maximum Gasteiger partial charge on any atom is 0.762 e. The lowest BCUT2D eigenvalue weighted by molar-refractivity contribution is -0.00100. The van der Waals surface area contributed by atoms with Crippen LogP contribution in [0.3, 0.4) is 0 Å². The molecule has 0 bridgehead atoms. The average Bonchev–Trinajstić information content (AvgIpc) is 0.778. The van der Waals surface area contributed by atoms with Gasteiger partial charge in [-0.15, -0.1) is 42.9 Å². The summed E-state index contributed by atoms with van der Waals surface area (Å²) >= 11 is 0. The second-order valence-corrected chi connectivity index (χ2v) is 63.9. The summed E-state index contributed by atoms with van der Waals surface area (Å²) in [4.78, 5) is 0. The van der Waals surface area contributed by atoms with E-state index in [-0.39, 0.29) is 44.5 Å². The zero-order valence-electron chi connectivity index (χ0n) is 78.9. The van der Waals surface area contributed by atoms with E-state index in [1.807, 2.05) is 42.3 Å². The number of nitrogens with zero attached hydrogens (tertiary/aromatic N) is 29. The summed E-state index contributed by atoms with van der Waals surface area (Å²) in [5.74, 6) is 0. The molecular weight excluding hydrogens is 1690 g/mol. The quantitative estimate of drug-likeness (QED) is 0.0501. The molecule has 0 aromatic carbocycles. The van der Waals surface area contributed by atoms with E-state index < -0.39 is 76.3 Å². The molecule has 0 radical (unpaired) electrons. The lowest BCUT2D eigenvalue weighted by atomic mass is 10.1. The van der Waals surface area contributed by atoms with Crippen LogP contribution in [0.25, 0.3) is 0 Å². The molecule has 2 N–H and O–H groups in total. The molecule has 0 spiro atoms. The Hall–Kier alpha value is 2.07. The molecule has 0 aliphatic carbocycles. The Kier molecular flexibility index (Phi) is 59.7. The van der Waals surface area contributed by atoms with Gasteiger partial charge in [-0.25, -0.2) is 65.4 Å². The summed E-state index contributed by atoms with van der Waals surface area (Å²) in [6, 6.07) is 0. The lowest BCUT2D eigenvalue weighted by Gasteiger charge is -2.50. The van der Waals surface area contributed by atoms with Gasteiger partial charge in [0.2, 0.25) is 22.5 Å². The summed E-state index contributed by atoms with van der Waals surface area (Å²) < 4.78 is 122. The van der Waals surface area contributed by atoms with E-state index in [1.54, 1.807) is 37.5 Å². The first-order valence-electron chi connectivity index (χ1n) is 35.9. The van der Waals surface area contributed by atoms with Crippen molar-refractivity contribution in [3.8, 4) is 0 Å². The van der Waals surface area contributed by atoms with Crippen molar-refractivity contribution in [2.75, 3.05) is 342 Å². The maximum atomic E-state index is 13.2. The van der Waals surface area contributed by atoms with Crippen LogP contribution in [0, 0.1) is 0 Å². The van der Waals surface area contributed by atoms with E-state index in [2.05, 4.69) is 401 Å². The molecule has 32 nitrogen and oxygen atoms in total. The average molecular weight is 1870 g/mol. The fourth-order valence-corrected chi connectivity index (χ4v) is 52.4. The van der Waals surface area contributed by atoms with Gasteiger partial charge in [-0.2, -0.15) is 4.52 Å². The summed E-state index contributed by atoms with van der Waals surface area (Å²) in [5.41, 5.74) is 0.00665. The smallest absolute Gasteiger partial charge is 0.762 e. The predicted molar refractivity (Wildman–Crippen MR) is 479 cm³/mol. The molecule has 666 valence electrons. The normalized spacial score (nSPS) is 17.2. The second kappa shape index (κ2) is 52.4. The molecule has 2 heterocycles. The highest BCUT2D eigenvalue weighted by Crippen LogP contribution is 2.76. The van der Waals surface area contributed by atoms with Crippen molar-refractivity contribution < 1.29 is 50.9 Å². The third kappa shape index (κ3) is 32.1. The fourth-order valence-electron chi connectivity index (χ4n) is 13.3. The number of hydrogen-bond donors (Lipinski definition) is 2. The van der Waals surface area contributed by atoms with Crippen LogP contribution in [0.1, 0.15) is 68.2 Å². The second-order valence-electron chi connectivity index (χ2n) is 32.0. The number of hydrogen-bond acceptors (Lipinski definition) is 14. The molecule has 1 atom stereocenters.